The van der Waals surface area contributed by atoms with Crippen LogP contribution in [0.15, 0.2) is 35.5 Å². The van der Waals surface area contributed by atoms with Crippen LogP contribution in [-0.2, 0) is 16.6 Å². The number of nitrogens with zero attached hydrogens (tertiary/aromatic N) is 4. The standard InChI is InChI=1S/C16H19FN4O2S/c1-19-7-8-21(16-14(17)3-2-4-15(16)19)24(22,23)13-9-18-20(11-13)10-12-5-6-12/h2-4,9,11-12H,5-8,10H2,1H3. The van der Waals surface area contributed by atoms with E-state index in [1.54, 1.807) is 23.0 Å². The van der Waals surface area contributed by atoms with Gasteiger partial charge in [0.1, 0.15) is 16.4 Å². The van der Waals surface area contributed by atoms with Crippen molar-refractivity contribution in [2.75, 3.05) is 29.3 Å². The molecule has 0 atom stereocenters. The van der Waals surface area contributed by atoms with Gasteiger partial charge in [0, 0.05) is 26.3 Å². The number of aromatic nitrogens is 2. The minimum Gasteiger partial charge on any atom is -0.371 e. The van der Waals surface area contributed by atoms with Gasteiger partial charge in [-0.3, -0.25) is 8.99 Å². The lowest BCUT2D eigenvalue weighted by atomic mass is 10.2. The molecule has 2 heterocycles. The molecule has 0 radical (unpaired) electrons. The minimum absolute atomic E-state index is 0.112. The lowest BCUT2D eigenvalue weighted by Crippen LogP contribution is -2.43. The summed E-state index contributed by atoms with van der Waals surface area (Å²) in [6.07, 6.45) is 5.24. The Morgan fingerprint density at radius 1 is 1.29 bits per heavy atom. The molecule has 6 nitrogen and oxygen atoms in total. The maximum atomic E-state index is 14.4. The van der Waals surface area contributed by atoms with Gasteiger partial charge in [-0.15, -0.1) is 0 Å². The molecule has 2 aliphatic rings. The number of halogens is 1. The third-order valence-electron chi connectivity index (χ3n) is 4.60. The van der Waals surface area contributed by atoms with Gasteiger partial charge in [0.2, 0.25) is 0 Å². The third-order valence-corrected chi connectivity index (χ3v) is 6.36. The zero-order valence-corrected chi connectivity index (χ0v) is 14.2. The highest BCUT2D eigenvalue weighted by Crippen LogP contribution is 2.38. The Hall–Kier alpha value is -2.09. The van der Waals surface area contributed by atoms with Crippen LogP contribution in [0.25, 0.3) is 0 Å². The molecule has 1 fully saturated rings. The van der Waals surface area contributed by atoms with Gasteiger partial charge < -0.3 is 4.90 Å². The van der Waals surface area contributed by atoms with Gasteiger partial charge in [-0.05, 0) is 30.9 Å². The number of anilines is 2. The molecule has 1 saturated carbocycles. The van der Waals surface area contributed by atoms with Gasteiger partial charge >= 0.3 is 0 Å². The highest BCUT2D eigenvalue weighted by molar-refractivity contribution is 7.92. The van der Waals surface area contributed by atoms with Crippen molar-refractivity contribution >= 4 is 21.4 Å². The number of hydrogen-bond donors (Lipinski definition) is 0. The summed E-state index contributed by atoms with van der Waals surface area (Å²) in [7, 11) is -2.00. The predicted octanol–water partition coefficient (Wildman–Crippen LogP) is 2.08. The largest absolute Gasteiger partial charge is 0.371 e. The number of rotatable bonds is 4. The van der Waals surface area contributed by atoms with Crippen molar-refractivity contribution in [3.05, 3.63) is 36.4 Å². The van der Waals surface area contributed by atoms with E-state index in [4.69, 9.17) is 0 Å². The van der Waals surface area contributed by atoms with Gasteiger partial charge in [-0.2, -0.15) is 5.10 Å². The third kappa shape index (κ3) is 2.54. The minimum atomic E-state index is -3.83. The predicted molar refractivity (Wildman–Crippen MR) is 89.2 cm³/mol. The van der Waals surface area contributed by atoms with Crippen molar-refractivity contribution in [3.8, 4) is 0 Å². The first-order valence-electron chi connectivity index (χ1n) is 8.01. The van der Waals surface area contributed by atoms with Gasteiger partial charge in [-0.25, -0.2) is 12.8 Å². The van der Waals surface area contributed by atoms with Gasteiger partial charge in [0.25, 0.3) is 10.0 Å². The Bertz CT molecular complexity index is 876. The maximum Gasteiger partial charge on any atom is 0.267 e. The summed E-state index contributed by atoms with van der Waals surface area (Å²) < 4.78 is 43.2. The summed E-state index contributed by atoms with van der Waals surface area (Å²) in [6.45, 7) is 1.45. The molecule has 4 rings (SSSR count). The summed E-state index contributed by atoms with van der Waals surface area (Å²) in [5.74, 6) is 0.0651. The molecule has 1 aromatic carbocycles. The first-order valence-corrected chi connectivity index (χ1v) is 9.45. The van der Waals surface area contributed by atoms with Crippen LogP contribution in [-0.4, -0.2) is 38.3 Å². The molecule has 1 aromatic heterocycles. The van der Waals surface area contributed by atoms with E-state index in [0.29, 0.717) is 18.2 Å². The summed E-state index contributed by atoms with van der Waals surface area (Å²) in [4.78, 5) is 1.97. The fourth-order valence-corrected chi connectivity index (χ4v) is 4.47. The molecular weight excluding hydrogens is 331 g/mol. The van der Waals surface area contributed by atoms with Crippen molar-refractivity contribution in [1.29, 1.82) is 0 Å². The summed E-state index contributed by atoms with van der Waals surface area (Å²) >= 11 is 0. The van der Waals surface area contributed by atoms with Crippen LogP contribution in [0.5, 0.6) is 0 Å². The number of sulfonamides is 1. The Kier molecular flexibility index (Phi) is 3.52. The second kappa shape index (κ2) is 5.47. The van der Waals surface area contributed by atoms with Crippen LogP contribution < -0.4 is 9.21 Å². The molecule has 24 heavy (non-hydrogen) atoms. The van der Waals surface area contributed by atoms with Gasteiger partial charge in [0.15, 0.2) is 0 Å². The van der Waals surface area contributed by atoms with Crippen LogP contribution in [0.1, 0.15) is 12.8 Å². The van der Waals surface area contributed by atoms with Crippen molar-refractivity contribution < 1.29 is 12.8 Å². The summed E-state index contributed by atoms with van der Waals surface area (Å²) in [5.41, 5.74) is 0.691. The fourth-order valence-electron chi connectivity index (χ4n) is 3.04. The van der Waals surface area contributed by atoms with Crippen molar-refractivity contribution in [2.24, 2.45) is 5.92 Å². The van der Waals surface area contributed by atoms with E-state index >= 15 is 0 Å². The quantitative estimate of drug-likeness (QED) is 0.847. The molecule has 128 valence electrons. The molecule has 8 heteroatoms. The molecular formula is C16H19FN4O2S. The molecule has 2 aromatic rings. The number of benzene rings is 1. The van der Waals surface area contributed by atoms with Crippen molar-refractivity contribution in [2.45, 2.75) is 24.3 Å². The molecule has 0 bridgehead atoms. The van der Waals surface area contributed by atoms with Gasteiger partial charge in [0.05, 0.1) is 18.4 Å². The molecule has 0 spiro atoms. The Morgan fingerprint density at radius 2 is 2.08 bits per heavy atom. The van der Waals surface area contributed by atoms with Crippen LogP contribution in [0.4, 0.5) is 15.8 Å². The monoisotopic (exact) mass is 350 g/mol. The van der Waals surface area contributed by atoms with Crippen LogP contribution in [0.2, 0.25) is 0 Å². The van der Waals surface area contributed by atoms with E-state index in [-0.39, 0.29) is 17.1 Å². The first kappa shape index (κ1) is 15.4. The molecule has 0 amide bonds. The molecule has 1 aliphatic carbocycles. The van der Waals surface area contributed by atoms with E-state index in [1.165, 1.54) is 25.1 Å². The van der Waals surface area contributed by atoms with Crippen molar-refractivity contribution in [3.63, 3.8) is 0 Å². The van der Waals surface area contributed by atoms with E-state index < -0.39 is 15.8 Å². The number of likely N-dealkylation sites (N-methyl/N-ethyl adjacent to an activating group) is 1. The van der Waals surface area contributed by atoms with Gasteiger partial charge in [-0.1, -0.05) is 6.07 Å². The van der Waals surface area contributed by atoms with E-state index in [0.717, 1.165) is 10.8 Å². The number of fused-ring (bicyclic) bond motifs is 1. The van der Waals surface area contributed by atoms with Crippen LogP contribution in [0.3, 0.4) is 0 Å². The molecule has 0 unspecified atom stereocenters. The average molecular weight is 350 g/mol. The zero-order valence-electron chi connectivity index (χ0n) is 13.4. The number of hydrogen-bond acceptors (Lipinski definition) is 4. The average Bonchev–Trinajstić information content (AvgIpc) is 3.22. The summed E-state index contributed by atoms with van der Waals surface area (Å²) in [5, 5.41) is 4.16. The Balaban J connectivity index is 1.72. The van der Waals surface area contributed by atoms with E-state index in [9.17, 15) is 12.8 Å². The molecule has 1 aliphatic heterocycles. The maximum absolute atomic E-state index is 14.4. The van der Waals surface area contributed by atoms with E-state index in [2.05, 4.69) is 5.10 Å². The summed E-state index contributed by atoms with van der Waals surface area (Å²) in [6, 6.07) is 4.61. The number of para-hydroxylation sites is 1. The second-order valence-corrected chi connectivity index (χ2v) is 8.31. The normalized spacial score (nSPS) is 17.9. The first-order chi connectivity index (χ1) is 11.5. The topological polar surface area (TPSA) is 58.4 Å². The highest BCUT2D eigenvalue weighted by atomic mass is 32.2. The van der Waals surface area contributed by atoms with E-state index in [1.807, 2.05) is 11.9 Å². The smallest absolute Gasteiger partial charge is 0.267 e. The lowest BCUT2D eigenvalue weighted by molar-refractivity contribution is 0.560. The Labute approximate surface area is 140 Å². The lowest BCUT2D eigenvalue weighted by Gasteiger charge is -2.35. The van der Waals surface area contributed by atoms with Crippen molar-refractivity contribution in [1.82, 2.24) is 9.78 Å². The second-order valence-electron chi connectivity index (χ2n) is 6.45. The SMILES string of the molecule is CN1CCN(S(=O)(=O)c2cnn(CC3CC3)c2)c2c(F)cccc21. The fraction of sp³-hybridized carbons (Fsp3) is 0.438. The zero-order chi connectivity index (χ0) is 16.9. The van der Waals surface area contributed by atoms with Crippen LogP contribution in [0, 0.1) is 11.7 Å². The van der Waals surface area contributed by atoms with Crippen LogP contribution >= 0.6 is 0 Å². The highest BCUT2D eigenvalue weighted by Gasteiger charge is 2.34. The molecule has 0 N–H and O–H groups in total. The molecule has 0 saturated heterocycles. The Morgan fingerprint density at radius 3 is 2.83 bits per heavy atom.